The van der Waals surface area contributed by atoms with E-state index < -0.39 is 0 Å². The lowest BCUT2D eigenvalue weighted by atomic mass is 10.0. The quantitative estimate of drug-likeness (QED) is 0.656. The molecule has 3 N–H and O–H groups in total. The zero-order valence-corrected chi connectivity index (χ0v) is 12.3. The molecular weight excluding hydrogens is 279 g/mol. The molecule has 6 heteroatoms. The molecule has 0 saturated heterocycles. The lowest BCUT2D eigenvalue weighted by Gasteiger charge is -2.16. The molecule has 0 aliphatic carbocycles. The van der Waals surface area contributed by atoms with E-state index in [1.165, 1.54) is 6.07 Å². The Balaban J connectivity index is 2.13. The minimum atomic E-state index is -0.379. The molecule has 1 aromatic heterocycles. The number of rotatable bonds is 5. The van der Waals surface area contributed by atoms with Gasteiger partial charge >= 0.3 is 0 Å². The highest BCUT2D eigenvalue weighted by Gasteiger charge is 2.15. The highest BCUT2D eigenvalue weighted by atomic mass is 35.5. The number of nitrogens with two attached hydrogens (primary N) is 1. The number of aryl methyl sites for hydroxylation is 2. The summed E-state index contributed by atoms with van der Waals surface area (Å²) in [5, 5.41) is 4.42. The van der Waals surface area contributed by atoms with E-state index in [4.69, 9.17) is 17.4 Å². The summed E-state index contributed by atoms with van der Waals surface area (Å²) in [4.78, 5) is 0. The summed E-state index contributed by atoms with van der Waals surface area (Å²) >= 11 is 5.79. The van der Waals surface area contributed by atoms with Gasteiger partial charge in [-0.05, 0) is 31.0 Å². The van der Waals surface area contributed by atoms with E-state index in [2.05, 4.69) is 10.5 Å². The zero-order valence-electron chi connectivity index (χ0n) is 11.5. The largest absolute Gasteiger partial charge is 0.272 e. The van der Waals surface area contributed by atoms with Crippen LogP contribution in [0.4, 0.5) is 4.39 Å². The summed E-state index contributed by atoms with van der Waals surface area (Å²) in [5.74, 6) is 5.20. The maximum Gasteiger partial charge on any atom is 0.145 e. The predicted molar refractivity (Wildman–Crippen MR) is 77.9 cm³/mol. The first-order chi connectivity index (χ1) is 9.51. The Kier molecular flexibility index (Phi) is 4.75. The molecule has 108 valence electrons. The second kappa shape index (κ2) is 6.35. The fourth-order valence-corrected chi connectivity index (χ4v) is 2.46. The van der Waals surface area contributed by atoms with E-state index in [1.807, 2.05) is 24.7 Å². The Morgan fingerprint density at radius 1 is 1.45 bits per heavy atom. The maximum atomic E-state index is 13.9. The van der Waals surface area contributed by atoms with Gasteiger partial charge in [0.05, 0.1) is 10.7 Å². The van der Waals surface area contributed by atoms with Gasteiger partial charge in [0.15, 0.2) is 0 Å². The summed E-state index contributed by atoms with van der Waals surface area (Å²) in [7, 11) is 1.88. The molecule has 1 atom stereocenters. The highest BCUT2D eigenvalue weighted by molar-refractivity contribution is 6.30. The van der Waals surface area contributed by atoms with Gasteiger partial charge in [-0.3, -0.25) is 16.0 Å². The standard InChI is InChI=1S/C14H18ClFN4/c1-9-6-12(20(2)19-9)8-11(18-17)7-10-4-3-5-13(15)14(10)16/h3-6,11,18H,7-8,17H2,1-2H3. The molecule has 1 heterocycles. The van der Waals surface area contributed by atoms with Crippen LogP contribution in [0.15, 0.2) is 24.3 Å². The molecule has 0 fully saturated rings. The van der Waals surface area contributed by atoms with Crippen molar-refractivity contribution in [2.45, 2.75) is 25.8 Å². The minimum Gasteiger partial charge on any atom is -0.272 e. The first kappa shape index (κ1) is 15.0. The number of benzene rings is 1. The van der Waals surface area contributed by atoms with Crippen molar-refractivity contribution in [3.63, 3.8) is 0 Å². The lowest BCUT2D eigenvalue weighted by Crippen LogP contribution is -2.39. The maximum absolute atomic E-state index is 13.9. The van der Waals surface area contributed by atoms with Gasteiger partial charge in [-0.15, -0.1) is 0 Å². The van der Waals surface area contributed by atoms with Gasteiger partial charge < -0.3 is 0 Å². The van der Waals surface area contributed by atoms with E-state index in [0.29, 0.717) is 18.4 Å². The normalized spacial score (nSPS) is 12.7. The molecule has 0 saturated carbocycles. The van der Waals surface area contributed by atoms with Crippen LogP contribution in [0.5, 0.6) is 0 Å². The Morgan fingerprint density at radius 2 is 2.20 bits per heavy atom. The van der Waals surface area contributed by atoms with E-state index in [-0.39, 0.29) is 16.9 Å². The third-order valence-electron chi connectivity index (χ3n) is 3.29. The van der Waals surface area contributed by atoms with Crippen molar-refractivity contribution in [1.82, 2.24) is 15.2 Å². The minimum absolute atomic E-state index is 0.0854. The molecule has 2 aromatic rings. The number of nitrogens with one attached hydrogen (secondary N) is 1. The zero-order chi connectivity index (χ0) is 14.7. The first-order valence-electron chi connectivity index (χ1n) is 6.39. The van der Waals surface area contributed by atoms with Crippen molar-refractivity contribution in [3.8, 4) is 0 Å². The van der Waals surface area contributed by atoms with Crippen LogP contribution in [-0.2, 0) is 19.9 Å². The number of hydrogen-bond acceptors (Lipinski definition) is 3. The van der Waals surface area contributed by atoms with Crippen molar-refractivity contribution < 1.29 is 4.39 Å². The van der Waals surface area contributed by atoms with Crippen molar-refractivity contribution in [2.75, 3.05) is 0 Å². The summed E-state index contributed by atoms with van der Waals surface area (Å²) in [6, 6.07) is 6.91. The van der Waals surface area contributed by atoms with Crippen molar-refractivity contribution in [1.29, 1.82) is 0 Å². The Bertz CT molecular complexity index is 597. The number of nitrogens with zero attached hydrogens (tertiary/aromatic N) is 2. The smallest absolute Gasteiger partial charge is 0.145 e. The molecule has 4 nitrogen and oxygen atoms in total. The average Bonchev–Trinajstić information content (AvgIpc) is 2.72. The van der Waals surface area contributed by atoms with Gasteiger partial charge in [0.1, 0.15) is 5.82 Å². The number of hydrazine groups is 1. The molecule has 1 unspecified atom stereocenters. The van der Waals surface area contributed by atoms with Crippen LogP contribution in [0, 0.1) is 12.7 Å². The van der Waals surface area contributed by atoms with Crippen LogP contribution in [0.25, 0.3) is 0 Å². The van der Waals surface area contributed by atoms with Gasteiger partial charge in [0.2, 0.25) is 0 Å². The van der Waals surface area contributed by atoms with Crippen LogP contribution >= 0.6 is 11.6 Å². The summed E-state index contributed by atoms with van der Waals surface area (Å²) < 4.78 is 15.7. The molecule has 0 radical (unpaired) electrons. The Labute approximate surface area is 122 Å². The van der Waals surface area contributed by atoms with E-state index in [0.717, 1.165) is 11.4 Å². The summed E-state index contributed by atoms with van der Waals surface area (Å²) in [5.41, 5.74) is 5.29. The SMILES string of the molecule is Cc1cc(CC(Cc2cccc(Cl)c2F)NN)n(C)n1. The topological polar surface area (TPSA) is 55.9 Å². The summed E-state index contributed by atoms with van der Waals surface area (Å²) in [6.07, 6.45) is 1.13. The van der Waals surface area contributed by atoms with E-state index in [9.17, 15) is 4.39 Å². The number of aromatic nitrogens is 2. The number of halogens is 2. The molecular formula is C14H18ClFN4. The molecule has 0 bridgehead atoms. The van der Waals surface area contributed by atoms with Gasteiger partial charge in [0, 0.05) is 25.2 Å². The van der Waals surface area contributed by atoms with Crippen LogP contribution in [0.1, 0.15) is 17.0 Å². The van der Waals surface area contributed by atoms with Crippen molar-refractivity contribution >= 4 is 11.6 Å². The molecule has 0 aliphatic heterocycles. The fourth-order valence-electron chi connectivity index (χ4n) is 2.27. The fraction of sp³-hybridized carbons (Fsp3) is 0.357. The molecule has 0 spiro atoms. The Hall–Kier alpha value is -1.43. The third kappa shape index (κ3) is 3.36. The molecule has 0 amide bonds. The molecule has 1 aromatic carbocycles. The van der Waals surface area contributed by atoms with Crippen LogP contribution in [-0.4, -0.2) is 15.8 Å². The van der Waals surface area contributed by atoms with E-state index in [1.54, 1.807) is 12.1 Å². The third-order valence-corrected chi connectivity index (χ3v) is 3.58. The predicted octanol–water partition coefficient (Wildman–Crippen LogP) is 2.14. The van der Waals surface area contributed by atoms with Gasteiger partial charge in [-0.1, -0.05) is 23.7 Å². The van der Waals surface area contributed by atoms with Crippen molar-refractivity contribution in [2.24, 2.45) is 12.9 Å². The summed E-state index contributed by atoms with van der Waals surface area (Å²) in [6.45, 7) is 1.94. The lowest BCUT2D eigenvalue weighted by molar-refractivity contribution is 0.492. The van der Waals surface area contributed by atoms with Gasteiger partial charge in [0.25, 0.3) is 0 Å². The Morgan fingerprint density at radius 3 is 2.80 bits per heavy atom. The second-order valence-corrected chi connectivity index (χ2v) is 5.29. The second-order valence-electron chi connectivity index (χ2n) is 4.89. The van der Waals surface area contributed by atoms with Crippen LogP contribution in [0.3, 0.4) is 0 Å². The number of hydrogen-bond donors (Lipinski definition) is 2. The van der Waals surface area contributed by atoms with Crippen LogP contribution < -0.4 is 11.3 Å². The van der Waals surface area contributed by atoms with E-state index >= 15 is 0 Å². The first-order valence-corrected chi connectivity index (χ1v) is 6.77. The van der Waals surface area contributed by atoms with Crippen LogP contribution in [0.2, 0.25) is 5.02 Å². The van der Waals surface area contributed by atoms with Gasteiger partial charge in [-0.2, -0.15) is 5.10 Å². The monoisotopic (exact) mass is 296 g/mol. The van der Waals surface area contributed by atoms with Crippen molar-refractivity contribution in [3.05, 3.63) is 52.1 Å². The van der Waals surface area contributed by atoms with Gasteiger partial charge in [-0.25, -0.2) is 4.39 Å². The molecule has 2 rings (SSSR count). The highest BCUT2D eigenvalue weighted by Crippen LogP contribution is 2.19. The average molecular weight is 297 g/mol. The molecule has 20 heavy (non-hydrogen) atoms. The molecule has 0 aliphatic rings.